The van der Waals surface area contributed by atoms with Gasteiger partial charge in [-0.1, -0.05) is 17.8 Å². The fourth-order valence-electron chi connectivity index (χ4n) is 2.06. The number of nitrogens with zero attached hydrogens (tertiary/aromatic N) is 3. The van der Waals surface area contributed by atoms with Gasteiger partial charge in [0.25, 0.3) is 0 Å². The highest BCUT2D eigenvalue weighted by Gasteiger charge is 2.30. The van der Waals surface area contributed by atoms with Crippen LogP contribution in [0.3, 0.4) is 0 Å². The lowest BCUT2D eigenvalue weighted by Crippen LogP contribution is -2.36. The number of thioether (sulfide) groups is 1. The number of thiophene rings is 1. The van der Waals surface area contributed by atoms with Gasteiger partial charge in [-0.15, -0.1) is 21.5 Å². The van der Waals surface area contributed by atoms with Crippen LogP contribution in [0.2, 0.25) is 0 Å². The lowest BCUT2D eigenvalue weighted by molar-refractivity contribution is -0.124. The first-order valence-electron chi connectivity index (χ1n) is 7.28. The molecule has 0 bridgehead atoms. The third-order valence-corrected chi connectivity index (χ3v) is 5.18. The molecule has 7 nitrogen and oxygen atoms in total. The smallest absolute Gasteiger partial charge is 0.239 e. The summed E-state index contributed by atoms with van der Waals surface area (Å²) < 4.78 is 2.13. The average molecular weight is 351 g/mol. The van der Waals surface area contributed by atoms with Gasteiger partial charge in [-0.25, -0.2) is 0 Å². The lowest BCUT2D eigenvalue weighted by atomic mass is 10.4. The third-order valence-electron chi connectivity index (χ3n) is 3.38. The number of nitrogens with one attached hydrogen (secondary N) is 2. The van der Waals surface area contributed by atoms with Crippen LogP contribution in [0.5, 0.6) is 0 Å². The highest BCUT2D eigenvalue weighted by molar-refractivity contribution is 7.99. The number of carbonyl (C=O) groups excluding carboxylic acids is 2. The third kappa shape index (κ3) is 3.91. The van der Waals surface area contributed by atoms with Gasteiger partial charge in [-0.3, -0.25) is 14.2 Å². The molecular weight excluding hydrogens is 334 g/mol. The van der Waals surface area contributed by atoms with Gasteiger partial charge in [-0.2, -0.15) is 0 Å². The van der Waals surface area contributed by atoms with E-state index >= 15 is 0 Å². The van der Waals surface area contributed by atoms with E-state index in [1.807, 2.05) is 17.5 Å². The minimum atomic E-state index is -0.218. The zero-order valence-corrected chi connectivity index (χ0v) is 14.2. The van der Waals surface area contributed by atoms with Crippen molar-refractivity contribution in [2.45, 2.75) is 24.0 Å². The highest BCUT2D eigenvalue weighted by Crippen LogP contribution is 2.41. The molecule has 9 heteroatoms. The summed E-state index contributed by atoms with van der Waals surface area (Å²) in [7, 11) is 1.54. The molecule has 3 rings (SSSR count). The van der Waals surface area contributed by atoms with E-state index < -0.39 is 0 Å². The first kappa shape index (κ1) is 16.0. The molecule has 2 aromatic heterocycles. The summed E-state index contributed by atoms with van der Waals surface area (Å²) in [4.78, 5) is 24.0. The molecule has 1 aliphatic rings. The zero-order chi connectivity index (χ0) is 16.2. The van der Waals surface area contributed by atoms with Crippen molar-refractivity contribution in [1.82, 2.24) is 25.4 Å². The monoisotopic (exact) mass is 351 g/mol. The molecule has 0 unspecified atom stereocenters. The standard InChI is InChI=1S/C14H17N5O2S2/c1-15-11(20)7-16-12(21)8-23-14-18-17-13(10-3-2-6-22-10)19(14)9-4-5-9/h2-3,6,9H,4-5,7-8H2,1H3,(H,15,20)(H,16,21). The summed E-state index contributed by atoms with van der Waals surface area (Å²) in [5.74, 6) is 0.675. The Balaban J connectivity index is 1.64. The van der Waals surface area contributed by atoms with Crippen LogP contribution in [0.15, 0.2) is 22.7 Å². The molecule has 2 heterocycles. The topological polar surface area (TPSA) is 88.9 Å². The SMILES string of the molecule is CNC(=O)CNC(=O)CSc1nnc(-c2cccs2)n1C1CC1. The van der Waals surface area contributed by atoms with Gasteiger partial charge in [0.05, 0.1) is 17.2 Å². The van der Waals surface area contributed by atoms with Crippen molar-refractivity contribution in [3.8, 4) is 10.7 Å². The Kier molecular flexibility index (Phi) is 4.97. The normalized spacial score (nSPS) is 13.8. The zero-order valence-electron chi connectivity index (χ0n) is 12.6. The Morgan fingerprint density at radius 3 is 2.87 bits per heavy atom. The van der Waals surface area contributed by atoms with Crippen LogP contribution in [0.25, 0.3) is 10.7 Å². The Labute approximate surface area is 141 Å². The first-order chi connectivity index (χ1) is 11.2. The Morgan fingerprint density at radius 1 is 1.39 bits per heavy atom. The average Bonchev–Trinajstić information content (AvgIpc) is 3.09. The molecular formula is C14H17N5O2S2. The minimum Gasteiger partial charge on any atom is -0.358 e. The van der Waals surface area contributed by atoms with Gasteiger partial charge >= 0.3 is 0 Å². The molecule has 1 aliphatic carbocycles. The fraction of sp³-hybridized carbons (Fsp3) is 0.429. The van der Waals surface area contributed by atoms with E-state index in [0.717, 1.165) is 28.7 Å². The molecule has 1 fully saturated rings. The van der Waals surface area contributed by atoms with E-state index in [9.17, 15) is 9.59 Å². The van der Waals surface area contributed by atoms with Gasteiger partial charge in [0.2, 0.25) is 11.8 Å². The van der Waals surface area contributed by atoms with E-state index in [-0.39, 0.29) is 24.1 Å². The van der Waals surface area contributed by atoms with Crippen molar-refractivity contribution in [2.75, 3.05) is 19.3 Å². The van der Waals surface area contributed by atoms with E-state index in [1.54, 1.807) is 11.3 Å². The van der Waals surface area contributed by atoms with Crippen molar-refractivity contribution in [2.24, 2.45) is 0 Å². The summed E-state index contributed by atoms with van der Waals surface area (Å²) in [6.07, 6.45) is 2.24. The van der Waals surface area contributed by atoms with Crippen LogP contribution in [0.1, 0.15) is 18.9 Å². The summed E-state index contributed by atoms with van der Waals surface area (Å²) in [6.45, 7) is -0.00828. The number of likely N-dealkylation sites (N-methyl/N-ethyl adjacent to an activating group) is 1. The van der Waals surface area contributed by atoms with Crippen LogP contribution in [-0.2, 0) is 9.59 Å². The predicted octanol–water partition coefficient (Wildman–Crippen LogP) is 1.30. The van der Waals surface area contributed by atoms with Gasteiger partial charge in [0.15, 0.2) is 11.0 Å². The molecule has 2 aromatic rings. The first-order valence-corrected chi connectivity index (χ1v) is 9.14. The van der Waals surface area contributed by atoms with Gasteiger partial charge < -0.3 is 10.6 Å². The van der Waals surface area contributed by atoms with E-state index in [2.05, 4.69) is 25.4 Å². The molecule has 0 spiro atoms. The van der Waals surface area contributed by atoms with Crippen molar-refractivity contribution in [3.63, 3.8) is 0 Å². The molecule has 0 aromatic carbocycles. The Bertz CT molecular complexity index is 694. The number of hydrogen-bond donors (Lipinski definition) is 2. The second-order valence-electron chi connectivity index (χ2n) is 5.12. The molecule has 0 atom stereocenters. The molecule has 0 radical (unpaired) electrons. The number of aromatic nitrogens is 3. The van der Waals surface area contributed by atoms with Crippen molar-refractivity contribution in [3.05, 3.63) is 17.5 Å². The second-order valence-corrected chi connectivity index (χ2v) is 7.01. The van der Waals surface area contributed by atoms with Crippen LogP contribution in [0.4, 0.5) is 0 Å². The lowest BCUT2D eigenvalue weighted by Gasteiger charge is -2.08. The summed E-state index contributed by atoms with van der Waals surface area (Å²) in [5, 5.41) is 16.3. The van der Waals surface area contributed by atoms with Crippen LogP contribution < -0.4 is 10.6 Å². The summed E-state index contributed by atoms with van der Waals surface area (Å²) >= 11 is 2.98. The molecule has 2 N–H and O–H groups in total. The predicted molar refractivity (Wildman–Crippen MR) is 89.4 cm³/mol. The fourth-order valence-corrected chi connectivity index (χ4v) is 3.60. The number of carbonyl (C=O) groups is 2. The quantitative estimate of drug-likeness (QED) is 0.734. The van der Waals surface area contributed by atoms with Crippen molar-refractivity contribution < 1.29 is 9.59 Å². The molecule has 23 heavy (non-hydrogen) atoms. The van der Waals surface area contributed by atoms with Crippen LogP contribution >= 0.6 is 23.1 Å². The molecule has 0 saturated heterocycles. The van der Waals surface area contributed by atoms with Gasteiger partial charge in [0, 0.05) is 13.1 Å². The van der Waals surface area contributed by atoms with E-state index in [0.29, 0.717) is 6.04 Å². The van der Waals surface area contributed by atoms with E-state index in [4.69, 9.17) is 0 Å². The van der Waals surface area contributed by atoms with Crippen molar-refractivity contribution in [1.29, 1.82) is 0 Å². The van der Waals surface area contributed by atoms with Gasteiger partial charge in [-0.05, 0) is 24.3 Å². The van der Waals surface area contributed by atoms with E-state index in [1.165, 1.54) is 18.8 Å². The maximum absolute atomic E-state index is 11.8. The van der Waals surface area contributed by atoms with Crippen LogP contribution in [-0.4, -0.2) is 45.9 Å². The minimum absolute atomic E-state index is 0.00828. The molecule has 0 aliphatic heterocycles. The maximum atomic E-state index is 11.8. The largest absolute Gasteiger partial charge is 0.358 e. The number of rotatable bonds is 7. The second kappa shape index (κ2) is 7.14. The summed E-state index contributed by atoms with van der Waals surface area (Å²) in [6, 6.07) is 4.45. The maximum Gasteiger partial charge on any atom is 0.239 e. The highest BCUT2D eigenvalue weighted by atomic mass is 32.2. The Hall–Kier alpha value is -1.87. The Morgan fingerprint density at radius 2 is 2.22 bits per heavy atom. The molecule has 1 saturated carbocycles. The molecule has 2 amide bonds. The van der Waals surface area contributed by atoms with Gasteiger partial charge in [0.1, 0.15) is 0 Å². The number of hydrogen-bond acceptors (Lipinski definition) is 6. The molecule has 122 valence electrons. The van der Waals surface area contributed by atoms with Crippen molar-refractivity contribution >= 4 is 34.9 Å². The van der Waals surface area contributed by atoms with Crippen LogP contribution in [0, 0.1) is 0 Å². The summed E-state index contributed by atoms with van der Waals surface area (Å²) in [5.41, 5.74) is 0. The number of amides is 2.